The van der Waals surface area contributed by atoms with Crippen LogP contribution >= 0.6 is 0 Å². The van der Waals surface area contributed by atoms with Gasteiger partial charge in [0.1, 0.15) is 6.54 Å². The normalized spacial score (nSPS) is 15.4. The molecule has 0 aliphatic carbocycles. The number of aromatic nitrogens is 2. The smallest absolute Gasteiger partial charge is 0.225 e. The molecule has 1 aliphatic rings. The number of amides is 1. The number of quaternary nitrogens is 1. The fourth-order valence-electron chi connectivity index (χ4n) is 2.85. The Morgan fingerprint density at radius 3 is 2.43 bits per heavy atom. The van der Waals surface area contributed by atoms with Gasteiger partial charge in [0.15, 0.2) is 0 Å². The van der Waals surface area contributed by atoms with Crippen LogP contribution in [0.5, 0.6) is 0 Å². The maximum Gasteiger partial charge on any atom is 0.225 e. The maximum atomic E-state index is 11.0. The third kappa shape index (κ3) is 4.26. The highest BCUT2D eigenvalue weighted by molar-refractivity contribution is 5.88. The van der Waals surface area contributed by atoms with Crippen LogP contribution in [-0.2, 0) is 11.3 Å². The molecule has 1 amide bonds. The minimum Gasteiger partial charge on any atom is -0.330 e. The van der Waals surface area contributed by atoms with Gasteiger partial charge in [0.05, 0.1) is 26.2 Å². The van der Waals surface area contributed by atoms with E-state index in [2.05, 4.69) is 32.3 Å². The third-order valence-electron chi connectivity index (χ3n) is 4.03. The summed E-state index contributed by atoms with van der Waals surface area (Å²) in [6, 6.07) is 9.94. The summed E-state index contributed by atoms with van der Waals surface area (Å²) in [5.41, 5.74) is 2.14. The largest absolute Gasteiger partial charge is 0.330 e. The van der Waals surface area contributed by atoms with Gasteiger partial charge >= 0.3 is 0 Å². The van der Waals surface area contributed by atoms with Gasteiger partial charge in [-0.25, -0.2) is 9.97 Å². The van der Waals surface area contributed by atoms with Crippen LogP contribution in [0.2, 0.25) is 0 Å². The van der Waals surface area contributed by atoms with Gasteiger partial charge in [0.25, 0.3) is 0 Å². The Morgan fingerprint density at radius 1 is 1.17 bits per heavy atom. The van der Waals surface area contributed by atoms with Crippen molar-refractivity contribution in [1.29, 1.82) is 0 Å². The number of benzene rings is 1. The summed E-state index contributed by atoms with van der Waals surface area (Å²) in [6.45, 7) is 6.63. The quantitative estimate of drug-likeness (QED) is 0.855. The maximum absolute atomic E-state index is 11.0. The molecule has 1 saturated heterocycles. The van der Waals surface area contributed by atoms with E-state index >= 15 is 0 Å². The molecule has 0 spiro atoms. The zero-order valence-electron chi connectivity index (χ0n) is 13.3. The monoisotopic (exact) mass is 312 g/mol. The molecule has 23 heavy (non-hydrogen) atoms. The first kappa shape index (κ1) is 15.4. The van der Waals surface area contributed by atoms with Gasteiger partial charge in [-0.1, -0.05) is 12.1 Å². The number of piperazine rings is 1. The second-order valence-corrected chi connectivity index (χ2v) is 5.84. The fourth-order valence-corrected chi connectivity index (χ4v) is 2.85. The Morgan fingerprint density at radius 2 is 1.83 bits per heavy atom. The first-order chi connectivity index (χ1) is 11.2. The minimum atomic E-state index is -0.0392. The van der Waals surface area contributed by atoms with E-state index in [4.69, 9.17) is 0 Å². The number of hydrogen-bond donors (Lipinski definition) is 2. The molecular weight excluding hydrogens is 290 g/mol. The molecule has 1 aromatic heterocycles. The number of nitrogens with one attached hydrogen (secondary N) is 2. The Balaban J connectivity index is 1.51. The molecular formula is C17H22N5O+. The molecule has 6 heteroatoms. The molecule has 1 fully saturated rings. The summed E-state index contributed by atoms with van der Waals surface area (Å²) < 4.78 is 0. The van der Waals surface area contributed by atoms with Gasteiger partial charge in [-0.3, -0.25) is 4.79 Å². The number of anilines is 2. The Labute approximate surface area is 136 Å². The van der Waals surface area contributed by atoms with Crippen LogP contribution in [0.1, 0.15) is 12.5 Å². The molecule has 0 bridgehead atoms. The fraction of sp³-hybridized carbons (Fsp3) is 0.353. The first-order valence-corrected chi connectivity index (χ1v) is 7.93. The van der Waals surface area contributed by atoms with Gasteiger partial charge in [0, 0.05) is 30.6 Å². The van der Waals surface area contributed by atoms with E-state index in [1.54, 1.807) is 17.3 Å². The van der Waals surface area contributed by atoms with E-state index in [9.17, 15) is 4.79 Å². The van der Waals surface area contributed by atoms with Crippen LogP contribution < -0.4 is 15.1 Å². The molecule has 0 saturated carbocycles. The summed E-state index contributed by atoms with van der Waals surface area (Å²) in [6.07, 6.45) is 3.58. The lowest BCUT2D eigenvalue weighted by Gasteiger charge is -2.32. The first-order valence-electron chi connectivity index (χ1n) is 7.93. The van der Waals surface area contributed by atoms with Crippen molar-refractivity contribution in [3.05, 3.63) is 48.3 Å². The highest BCUT2D eigenvalue weighted by atomic mass is 16.1. The van der Waals surface area contributed by atoms with Crippen LogP contribution in [0.4, 0.5) is 11.6 Å². The van der Waals surface area contributed by atoms with Crippen molar-refractivity contribution in [1.82, 2.24) is 9.97 Å². The van der Waals surface area contributed by atoms with Gasteiger partial charge in [-0.05, 0) is 18.2 Å². The predicted molar refractivity (Wildman–Crippen MR) is 89.4 cm³/mol. The standard InChI is InChI=1S/C17H21N5O/c1-14(23)20-16-5-3-15(4-6-16)13-21-9-11-22(12-10-21)17-18-7-2-8-19-17/h2-8H,9-13H2,1H3,(H,20,23)/p+1. The number of hydrogen-bond acceptors (Lipinski definition) is 4. The van der Waals surface area contributed by atoms with Crippen molar-refractivity contribution in [3.8, 4) is 0 Å². The van der Waals surface area contributed by atoms with Crippen LogP contribution in [0.25, 0.3) is 0 Å². The van der Waals surface area contributed by atoms with Crippen molar-refractivity contribution in [3.63, 3.8) is 0 Å². The second kappa shape index (κ2) is 7.19. The third-order valence-corrected chi connectivity index (χ3v) is 4.03. The van der Waals surface area contributed by atoms with E-state index in [0.717, 1.165) is 44.4 Å². The molecule has 0 radical (unpaired) electrons. The van der Waals surface area contributed by atoms with Crippen molar-refractivity contribution in [2.75, 3.05) is 36.4 Å². The average molecular weight is 312 g/mol. The van der Waals surface area contributed by atoms with Gasteiger partial charge in [-0.2, -0.15) is 0 Å². The molecule has 2 heterocycles. The minimum absolute atomic E-state index is 0.0392. The Kier molecular flexibility index (Phi) is 4.83. The Hall–Kier alpha value is -2.47. The van der Waals surface area contributed by atoms with Crippen LogP contribution in [-0.4, -0.2) is 42.1 Å². The lowest BCUT2D eigenvalue weighted by Crippen LogP contribution is -3.13. The molecule has 0 unspecified atom stereocenters. The summed E-state index contributed by atoms with van der Waals surface area (Å²) in [5, 5.41) is 2.79. The summed E-state index contributed by atoms with van der Waals surface area (Å²) >= 11 is 0. The van der Waals surface area contributed by atoms with Crippen molar-refractivity contribution >= 4 is 17.5 Å². The van der Waals surface area contributed by atoms with Crippen molar-refractivity contribution in [2.24, 2.45) is 0 Å². The summed E-state index contributed by atoms with van der Waals surface area (Å²) in [7, 11) is 0. The number of carbonyl (C=O) groups excluding carboxylic acids is 1. The molecule has 1 aromatic carbocycles. The van der Waals surface area contributed by atoms with Gasteiger partial charge < -0.3 is 15.1 Å². The highest BCUT2D eigenvalue weighted by Gasteiger charge is 2.21. The van der Waals surface area contributed by atoms with E-state index in [1.807, 2.05) is 18.2 Å². The molecule has 3 rings (SSSR count). The number of carbonyl (C=O) groups is 1. The SMILES string of the molecule is CC(=O)Nc1ccc(C[NH+]2CCN(c3ncccn3)CC2)cc1. The topological polar surface area (TPSA) is 62.6 Å². The van der Waals surface area contributed by atoms with E-state index in [0.29, 0.717) is 0 Å². The molecule has 0 atom stereocenters. The number of rotatable bonds is 4. The molecule has 6 nitrogen and oxygen atoms in total. The van der Waals surface area contributed by atoms with E-state index in [1.165, 1.54) is 12.5 Å². The van der Waals surface area contributed by atoms with Crippen LogP contribution in [0, 0.1) is 0 Å². The zero-order chi connectivity index (χ0) is 16.1. The molecule has 1 aliphatic heterocycles. The second-order valence-electron chi connectivity index (χ2n) is 5.84. The van der Waals surface area contributed by atoms with Crippen molar-refractivity contribution < 1.29 is 9.69 Å². The Bertz CT molecular complexity index is 636. The number of nitrogens with zero attached hydrogens (tertiary/aromatic N) is 3. The molecule has 2 N–H and O–H groups in total. The highest BCUT2D eigenvalue weighted by Crippen LogP contribution is 2.09. The molecule has 2 aromatic rings. The van der Waals surface area contributed by atoms with Gasteiger partial charge in [0.2, 0.25) is 11.9 Å². The van der Waals surface area contributed by atoms with Crippen LogP contribution in [0.15, 0.2) is 42.7 Å². The van der Waals surface area contributed by atoms with Crippen molar-refractivity contribution in [2.45, 2.75) is 13.5 Å². The summed E-state index contributed by atoms with van der Waals surface area (Å²) in [4.78, 5) is 23.5. The zero-order valence-corrected chi connectivity index (χ0v) is 13.3. The van der Waals surface area contributed by atoms with Gasteiger partial charge in [-0.15, -0.1) is 0 Å². The van der Waals surface area contributed by atoms with E-state index in [-0.39, 0.29) is 5.91 Å². The summed E-state index contributed by atoms with van der Waals surface area (Å²) in [5.74, 6) is 0.786. The lowest BCUT2D eigenvalue weighted by atomic mass is 10.2. The predicted octanol–water partition coefficient (Wildman–Crippen LogP) is 0.340. The average Bonchev–Trinajstić information content (AvgIpc) is 2.58. The van der Waals surface area contributed by atoms with E-state index < -0.39 is 0 Å². The van der Waals surface area contributed by atoms with Crippen LogP contribution in [0.3, 0.4) is 0 Å². The molecule has 120 valence electrons. The lowest BCUT2D eigenvalue weighted by molar-refractivity contribution is -0.914.